The molecule has 0 atom stereocenters. The van der Waals surface area contributed by atoms with Gasteiger partial charge in [0.1, 0.15) is 22.3 Å². The van der Waals surface area contributed by atoms with Crippen molar-refractivity contribution in [3.63, 3.8) is 0 Å². The number of furan rings is 2. The van der Waals surface area contributed by atoms with Crippen molar-refractivity contribution >= 4 is 82.7 Å². The molecular formula is C60H38N2O2. The van der Waals surface area contributed by atoms with E-state index in [9.17, 15) is 0 Å². The molecule has 0 fully saturated rings. The number of fused-ring (bicyclic) bond motifs is 9. The van der Waals surface area contributed by atoms with Crippen LogP contribution in [0.4, 0.5) is 17.1 Å². The van der Waals surface area contributed by atoms with Gasteiger partial charge in [-0.15, -0.1) is 0 Å². The Hall–Kier alpha value is -8.60. The molecule has 0 amide bonds. The number of hydrogen-bond acceptors (Lipinski definition) is 3. The van der Waals surface area contributed by atoms with E-state index in [0.717, 1.165) is 94.4 Å². The zero-order valence-electron chi connectivity index (χ0n) is 34.7. The molecule has 0 aliphatic heterocycles. The van der Waals surface area contributed by atoms with E-state index < -0.39 is 0 Å². The molecule has 3 aromatic heterocycles. The topological polar surface area (TPSA) is 34.5 Å². The minimum Gasteiger partial charge on any atom is -0.455 e. The summed E-state index contributed by atoms with van der Waals surface area (Å²) in [6.45, 7) is 0. The van der Waals surface area contributed by atoms with Crippen LogP contribution in [-0.4, -0.2) is 4.57 Å². The molecule has 0 N–H and O–H groups in total. The molecule has 0 saturated heterocycles. The molecule has 0 aliphatic rings. The van der Waals surface area contributed by atoms with Crippen LogP contribution in [0.5, 0.6) is 0 Å². The standard InChI is InChI=1S/C60H38N2O2/c1-2-14-43(15-3-1)62-55-24-7-4-17-49(55)54-38-41(31-36-56(54)62)39-27-32-44(33-28-39)61(45-34-29-40(30-35-45)47-20-11-22-52-50-18-5-8-25-57(50)63-59(47)52)46-16-10-13-42(37-46)48-21-12-23-53-51-19-6-9-26-58(51)64-60(48)53/h1-38H. The molecule has 0 spiro atoms. The number of rotatable bonds is 7. The lowest BCUT2D eigenvalue weighted by Gasteiger charge is -2.26. The lowest BCUT2D eigenvalue weighted by molar-refractivity contribution is 0.669. The maximum atomic E-state index is 6.52. The van der Waals surface area contributed by atoms with Gasteiger partial charge in [-0.3, -0.25) is 0 Å². The van der Waals surface area contributed by atoms with Crippen LogP contribution >= 0.6 is 0 Å². The SMILES string of the molecule is c1ccc(-n2c3ccccc3c3cc(-c4ccc(N(c5ccc(-c6cccc7c6oc6ccccc67)cc5)c5cccc(-c6cccc7c6oc6ccccc67)c5)cc4)ccc32)cc1. The van der Waals surface area contributed by atoms with Crippen molar-refractivity contribution in [2.45, 2.75) is 0 Å². The normalized spacial score (nSPS) is 11.8. The maximum Gasteiger partial charge on any atom is 0.143 e. The zero-order valence-corrected chi connectivity index (χ0v) is 34.7. The molecule has 0 radical (unpaired) electrons. The Balaban J connectivity index is 0.924. The second-order valence-corrected chi connectivity index (χ2v) is 16.5. The number of benzene rings is 10. The van der Waals surface area contributed by atoms with E-state index in [1.54, 1.807) is 0 Å². The fourth-order valence-electron chi connectivity index (χ4n) is 9.81. The monoisotopic (exact) mass is 818 g/mol. The van der Waals surface area contributed by atoms with Crippen molar-refractivity contribution < 1.29 is 8.83 Å². The lowest BCUT2D eigenvalue weighted by Crippen LogP contribution is -2.10. The predicted octanol–water partition coefficient (Wildman–Crippen LogP) is 17.1. The van der Waals surface area contributed by atoms with Gasteiger partial charge in [-0.2, -0.15) is 0 Å². The van der Waals surface area contributed by atoms with Crippen LogP contribution in [0.1, 0.15) is 0 Å². The van der Waals surface area contributed by atoms with Crippen LogP contribution in [0.25, 0.3) is 105 Å². The van der Waals surface area contributed by atoms with Crippen LogP contribution in [-0.2, 0) is 0 Å². The van der Waals surface area contributed by atoms with Crippen molar-refractivity contribution in [3.8, 4) is 39.1 Å². The Kier molecular flexibility index (Phi) is 8.18. The van der Waals surface area contributed by atoms with Gasteiger partial charge in [0.05, 0.1) is 11.0 Å². The zero-order chi connectivity index (χ0) is 42.1. The number of hydrogen-bond donors (Lipinski definition) is 0. The van der Waals surface area contributed by atoms with Crippen LogP contribution in [0.2, 0.25) is 0 Å². The van der Waals surface area contributed by atoms with E-state index >= 15 is 0 Å². The molecular weight excluding hydrogens is 781 g/mol. The number of para-hydroxylation sites is 6. The van der Waals surface area contributed by atoms with Gasteiger partial charge in [-0.25, -0.2) is 0 Å². The molecule has 0 bridgehead atoms. The number of aromatic nitrogens is 1. The van der Waals surface area contributed by atoms with Crippen LogP contribution < -0.4 is 4.90 Å². The first kappa shape index (κ1) is 36.1. The summed E-state index contributed by atoms with van der Waals surface area (Å²) in [5, 5.41) is 6.96. The van der Waals surface area contributed by atoms with E-state index in [2.05, 4.69) is 216 Å². The first-order valence-electron chi connectivity index (χ1n) is 21.7. The molecule has 10 aromatic carbocycles. The Labute approximate surface area is 369 Å². The van der Waals surface area contributed by atoms with Crippen molar-refractivity contribution in [1.82, 2.24) is 4.57 Å². The van der Waals surface area contributed by atoms with Gasteiger partial charge in [0.25, 0.3) is 0 Å². The van der Waals surface area contributed by atoms with Gasteiger partial charge in [0.2, 0.25) is 0 Å². The quantitative estimate of drug-likeness (QED) is 0.161. The Bertz CT molecular complexity index is 3890. The van der Waals surface area contributed by atoms with E-state index in [-0.39, 0.29) is 0 Å². The summed E-state index contributed by atoms with van der Waals surface area (Å²) in [6, 6.07) is 82.1. The highest BCUT2D eigenvalue weighted by atomic mass is 16.3. The van der Waals surface area contributed by atoms with E-state index in [1.807, 2.05) is 24.3 Å². The Morgan fingerprint density at radius 2 is 0.812 bits per heavy atom. The van der Waals surface area contributed by atoms with Gasteiger partial charge in [-0.1, -0.05) is 152 Å². The largest absolute Gasteiger partial charge is 0.455 e. The van der Waals surface area contributed by atoms with Crippen LogP contribution in [0, 0.1) is 0 Å². The van der Waals surface area contributed by atoms with Crippen molar-refractivity contribution in [3.05, 3.63) is 231 Å². The summed E-state index contributed by atoms with van der Waals surface area (Å²) in [5.41, 5.74) is 16.9. The summed E-state index contributed by atoms with van der Waals surface area (Å²) >= 11 is 0. The molecule has 300 valence electrons. The van der Waals surface area contributed by atoms with Gasteiger partial charge in [0.15, 0.2) is 0 Å². The average molecular weight is 819 g/mol. The van der Waals surface area contributed by atoms with Gasteiger partial charge < -0.3 is 18.3 Å². The average Bonchev–Trinajstić information content (AvgIpc) is 4.05. The second-order valence-electron chi connectivity index (χ2n) is 16.5. The van der Waals surface area contributed by atoms with Gasteiger partial charge in [0, 0.05) is 66.2 Å². The third-order valence-corrected chi connectivity index (χ3v) is 12.8. The Morgan fingerprint density at radius 3 is 1.48 bits per heavy atom. The van der Waals surface area contributed by atoms with Crippen molar-refractivity contribution in [1.29, 1.82) is 0 Å². The Morgan fingerprint density at radius 1 is 0.297 bits per heavy atom. The van der Waals surface area contributed by atoms with E-state index in [4.69, 9.17) is 8.83 Å². The first-order chi connectivity index (χ1) is 31.7. The molecule has 13 aromatic rings. The lowest BCUT2D eigenvalue weighted by atomic mass is 10.00. The smallest absolute Gasteiger partial charge is 0.143 e. The molecule has 4 nitrogen and oxygen atoms in total. The van der Waals surface area contributed by atoms with Crippen LogP contribution in [0.3, 0.4) is 0 Å². The highest BCUT2D eigenvalue weighted by Gasteiger charge is 2.19. The molecule has 64 heavy (non-hydrogen) atoms. The van der Waals surface area contributed by atoms with Gasteiger partial charge in [-0.05, 0) is 101 Å². The fourth-order valence-corrected chi connectivity index (χ4v) is 9.81. The summed E-state index contributed by atoms with van der Waals surface area (Å²) in [4.78, 5) is 2.34. The predicted molar refractivity (Wildman–Crippen MR) is 266 cm³/mol. The highest BCUT2D eigenvalue weighted by molar-refractivity contribution is 6.12. The van der Waals surface area contributed by atoms with Crippen molar-refractivity contribution in [2.75, 3.05) is 4.90 Å². The highest BCUT2D eigenvalue weighted by Crippen LogP contribution is 2.43. The molecule has 0 aliphatic carbocycles. The summed E-state index contributed by atoms with van der Waals surface area (Å²) in [6.07, 6.45) is 0. The van der Waals surface area contributed by atoms with Gasteiger partial charge >= 0.3 is 0 Å². The molecule has 13 rings (SSSR count). The molecule has 0 saturated carbocycles. The first-order valence-corrected chi connectivity index (χ1v) is 21.7. The fraction of sp³-hybridized carbons (Fsp3) is 0. The summed E-state index contributed by atoms with van der Waals surface area (Å²) < 4.78 is 15.3. The summed E-state index contributed by atoms with van der Waals surface area (Å²) in [5.74, 6) is 0. The second kappa shape index (κ2) is 14.5. The number of anilines is 3. The van der Waals surface area contributed by atoms with E-state index in [1.165, 1.54) is 27.4 Å². The molecule has 3 heterocycles. The minimum atomic E-state index is 0.891. The van der Waals surface area contributed by atoms with E-state index in [0.29, 0.717) is 0 Å². The third-order valence-electron chi connectivity index (χ3n) is 12.8. The third kappa shape index (κ3) is 5.77. The minimum absolute atomic E-state index is 0.891. The summed E-state index contributed by atoms with van der Waals surface area (Å²) in [7, 11) is 0. The molecule has 0 unspecified atom stereocenters. The molecule has 4 heteroatoms. The van der Waals surface area contributed by atoms with Crippen molar-refractivity contribution in [2.24, 2.45) is 0 Å². The maximum absolute atomic E-state index is 6.52. The number of nitrogens with zero attached hydrogens (tertiary/aromatic N) is 2. The van der Waals surface area contributed by atoms with Crippen LogP contribution in [0.15, 0.2) is 239 Å².